The second-order valence-electron chi connectivity index (χ2n) is 8.84. The molecule has 182 valence electrons. The van der Waals surface area contributed by atoms with E-state index in [9.17, 15) is 29.3 Å². The minimum absolute atomic E-state index is 0.000618. The lowest BCUT2D eigenvalue weighted by Crippen LogP contribution is -2.31. The Bertz CT molecular complexity index is 1220. The fourth-order valence-electron chi connectivity index (χ4n) is 4.72. The molecule has 1 aliphatic heterocycles. The summed E-state index contributed by atoms with van der Waals surface area (Å²) in [7, 11) is 1.28. The summed E-state index contributed by atoms with van der Waals surface area (Å²) in [5.41, 5.74) is -0.0371. The summed E-state index contributed by atoms with van der Waals surface area (Å²) in [5.74, 6) is -2.27. The number of rotatable bonds is 7. The van der Waals surface area contributed by atoms with Crippen LogP contribution in [0, 0.1) is 27.9 Å². The van der Waals surface area contributed by atoms with Gasteiger partial charge >= 0.3 is 11.7 Å². The predicted octanol–water partition coefficient (Wildman–Crippen LogP) is 3.57. The van der Waals surface area contributed by atoms with Gasteiger partial charge < -0.3 is 9.47 Å². The summed E-state index contributed by atoms with van der Waals surface area (Å²) in [6, 6.07) is 9.64. The molecule has 4 rings (SSSR count). The molecule has 1 heterocycles. The number of amides is 2. The number of carbonyl (C=O) groups excluding carboxylic acids is 4. The van der Waals surface area contributed by atoms with Gasteiger partial charge in [0.15, 0.2) is 12.4 Å². The molecule has 2 fully saturated rings. The summed E-state index contributed by atoms with van der Waals surface area (Å²) >= 11 is 0. The first-order valence-electron chi connectivity index (χ1n) is 11.2. The molecule has 10 heteroatoms. The molecule has 1 aliphatic carbocycles. The van der Waals surface area contributed by atoms with Crippen molar-refractivity contribution in [2.45, 2.75) is 26.2 Å². The number of ketones is 1. The molecule has 0 bridgehead atoms. The molecule has 2 aromatic rings. The first kappa shape index (κ1) is 24.1. The van der Waals surface area contributed by atoms with Gasteiger partial charge in [0.05, 0.1) is 35.1 Å². The van der Waals surface area contributed by atoms with Crippen molar-refractivity contribution in [1.82, 2.24) is 0 Å². The average molecular weight is 480 g/mol. The van der Waals surface area contributed by atoms with Crippen LogP contribution in [0.1, 0.15) is 46.9 Å². The summed E-state index contributed by atoms with van der Waals surface area (Å²) in [6.07, 6.45) is 2.23. The SMILES string of the molecule is COc1ccc(C(=O)COC(=O)c2cccc(N3C(=O)[C@@H]4CC[C@@H](C)C[C@H]4C3=O)c2)cc1[N+](=O)[O-]. The quantitative estimate of drug-likeness (QED) is 0.193. The zero-order valence-corrected chi connectivity index (χ0v) is 19.3. The van der Waals surface area contributed by atoms with Gasteiger partial charge in [-0.25, -0.2) is 4.79 Å². The number of hydrogen-bond donors (Lipinski definition) is 0. The molecule has 0 N–H and O–H groups in total. The zero-order valence-electron chi connectivity index (χ0n) is 19.3. The fourth-order valence-corrected chi connectivity index (χ4v) is 4.72. The van der Waals surface area contributed by atoms with Gasteiger partial charge in [0.1, 0.15) is 0 Å². The highest BCUT2D eigenvalue weighted by Crippen LogP contribution is 2.42. The van der Waals surface area contributed by atoms with Crippen LogP contribution in [0.15, 0.2) is 42.5 Å². The summed E-state index contributed by atoms with van der Waals surface area (Å²) < 4.78 is 10.0. The van der Waals surface area contributed by atoms with Crippen molar-refractivity contribution in [2.75, 3.05) is 18.6 Å². The molecule has 0 radical (unpaired) electrons. The molecular weight excluding hydrogens is 456 g/mol. The van der Waals surface area contributed by atoms with Crippen molar-refractivity contribution < 1.29 is 33.6 Å². The molecule has 3 atom stereocenters. The van der Waals surface area contributed by atoms with Gasteiger partial charge in [-0.2, -0.15) is 0 Å². The van der Waals surface area contributed by atoms with Crippen molar-refractivity contribution in [1.29, 1.82) is 0 Å². The number of hydrogen-bond acceptors (Lipinski definition) is 8. The van der Waals surface area contributed by atoms with Gasteiger partial charge in [0.2, 0.25) is 17.6 Å². The predicted molar refractivity (Wildman–Crippen MR) is 123 cm³/mol. The van der Waals surface area contributed by atoms with Gasteiger partial charge in [-0.05, 0) is 55.5 Å². The molecule has 1 saturated carbocycles. The Labute approximate surface area is 201 Å². The van der Waals surface area contributed by atoms with E-state index in [1.54, 1.807) is 6.07 Å². The standard InChI is InChI=1S/C25H24N2O8/c1-14-6-8-18-19(10-14)24(30)26(23(18)29)17-5-3-4-16(11-17)25(31)35-13-21(28)15-7-9-22(34-2)20(12-15)27(32)33/h3-5,7,9,11-12,14,18-19H,6,8,10,13H2,1-2H3/t14-,18-,19-/m1/s1. The highest BCUT2D eigenvalue weighted by molar-refractivity contribution is 6.22. The Morgan fingerprint density at radius 1 is 1.06 bits per heavy atom. The Balaban J connectivity index is 1.46. The molecule has 0 unspecified atom stereocenters. The second-order valence-corrected chi connectivity index (χ2v) is 8.84. The fraction of sp³-hybridized carbons (Fsp3) is 0.360. The number of nitro benzene ring substituents is 1. The van der Waals surface area contributed by atoms with E-state index in [1.807, 2.05) is 0 Å². The summed E-state index contributed by atoms with van der Waals surface area (Å²) in [4.78, 5) is 62.6. The number of ether oxygens (including phenoxy) is 2. The van der Waals surface area contributed by atoms with Gasteiger partial charge in [-0.1, -0.05) is 13.0 Å². The highest BCUT2D eigenvalue weighted by Gasteiger charge is 2.50. The number of methoxy groups -OCH3 is 1. The smallest absolute Gasteiger partial charge is 0.338 e. The van der Waals surface area contributed by atoms with E-state index in [-0.39, 0.29) is 51.9 Å². The van der Waals surface area contributed by atoms with Gasteiger partial charge in [0, 0.05) is 11.6 Å². The maximum atomic E-state index is 13.0. The normalized spacial score (nSPS) is 21.4. The lowest BCUT2D eigenvalue weighted by molar-refractivity contribution is -0.385. The van der Waals surface area contributed by atoms with Crippen LogP contribution < -0.4 is 9.64 Å². The summed E-state index contributed by atoms with van der Waals surface area (Å²) in [6.45, 7) is 1.43. The Hall–Kier alpha value is -4.08. The topological polar surface area (TPSA) is 133 Å². The molecule has 2 aromatic carbocycles. The average Bonchev–Trinajstić information content (AvgIpc) is 3.10. The third-order valence-electron chi connectivity index (χ3n) is 6.56. The van der Waals surface area contributed by atoms with E-state index in [4.69, 9.17) is 9.47 Å². The van der Waals surface area contributed by atoms with E-state index in [0.29, 0.717) is 18.8 Å². The monoisotopic (exact) mass is 480 g/mol. The van der Waals surface area contributed by atoms with E-state index in [2.05, 4.69) is 6.92 Å². The van der Waals surface area contributed by atoms with Crippen LogP contribution in [0.3, 0.4) is 0 Å². The third-order valence-corrected chi connectivity index (χ3v) is 6.56. The van der Waals surface area contributed by atoms with E-state index in [1.165, 1.54) is 37.4 Å². The molecule has 10 nitrogen and oxygen atoms in total. The Morgan fingerprint density at radius 3 is 2.51 bits per heavy atom. The van der Waals surface area contributed by atoms with Crippen LogP contribution in [0.25, 0.3) is 0 Å². The summed E-state index contributed by atoms with van der Waals surface area (Å²) in [5, 5.41) is 11.2. The largest absolute Gasteiger partial charge is 0.490 e. The number of carbonyl (C=O) groups is 4. The molecule has 0 aromatic heterocycles. The number of fused-ring (bicyclic) bond motifs is 1. The van der Waals surface area contributed by atoms with Crippen molar-refractivity contribution in [3.63, 3.8) is 0 Å². The van der Waals surface area contributed by atoms with Crippen LogP contribution >= 0.6 is 0 Å². The number of nitrogens with zero attached hydrogens (tertiary/aromatic N) is 2. The number of Topliss-reactive ketones (excluding diaryl/α,β-unsaturated/α-hetero) is 1. The van der Waals surface area contributed by atoms with E-state index >= 15 is 0 Å². The lowest BCUT2D eigenvalue weighted by atomic mass is 9.76. The first-order chi connectivity index (χ1) is 16.7. The van der Waals surface area contributed by atoms with Crippen molar-refractivity contribution in [3.8, 4) is 5.75 Å². The molecular formula is C25H24N2O8. The maximum absolute atomic E-state index is 13.0. The Morgan fingerprint density at radius 2 is 1.80 bits per heavy atom. The van der Waals surface area contributed by atoms with Crippen LogP contribution in [0.2, 0.25) is 0 Å². The number of nitro groups is 1. The second kappa shape index (κ2) is 9.65. The minimum Gasteiger partial charge on any atom is -0.490 e. The lowest BCUT2D eigenvalue weighted by Gasteiger charge is -2.25. The van der Waals surface area contributed by atoms with Gasteiger partial charge in [-0.3, -0.25) is 29.4 Å². The van der Waals surface area contributed by atoms with Gasteiger partial charge in [-0.15, -0.1) is 0 Å². The number of benzene rings is 2. The van der Waals surface area contributed by atoms with Crippen molar-refractivity contribution >= 4 is 34.9 Å². The molecule has 2 aliphatic rings. The molecule has 35 heavy (non-hydrogen) atoms. The highest BCUT2D eigenvalue weighted by atomic mass is 16.6. The van der Waals surface area contributed by atoms with Crippen LogP contribution in [-0.4, -0.2) is 42.2 Å². The Kier molecular flexibility index (Phi) is 6.63. The third kappa shape index (κ3) is 4.64. The van der Waals surface area contributed by atoms with Gasteiger partial charge in [0.25, 0.3) is 0 Å². The van der Waals surface area contributed by atoms with E-state index < -0.39 is 23.3 Å². The van der Waals surface area contributed by atoms with Crippen LogP contribution in [0.5, 0.6) is 5.75 Å². The van der Waals surface area contributed by atoms with Crippen molar-refractivity contribution in [3.05, 3.63) is 63.7 Å². The molecule has 0 spiro atoms. The first-order valence-corrected chi connectivity index (χ1v) is 11.2. The number of anilines is 1. The zero-order chi connectivity index (χ0) is 25.3. The van der Waals surface area contributed by atoms with E-state index in [0.717, 1.165) is 17.4 Å². The maximum Gasteiger partial charge on any atom is 0.338 e. The molecule has 1 saturated heterocycles. The molecule has 2 amide bonds. The van der Waals surface area contributed by atoms with Crippen molar-refractivity contribution in [2.24, 2.45) is 17.8 Å². The van der Waals surface area contributed by atoms with Crippen LogP contribution in [0.4, 0.5) is 11.4 Å². The number of esters is 1. The van der Waals surface area contributed by atoms with Crippen LogP contribution in [-0.2, 0) is 14.3 Å². The minimum atomic E-state index is -0.826. The number of imide groups is 1.